The maximum atomic E-state index is 12.2. The first-order valence-corrected chi connectivity index (χ1v) is 8.21. The molecule has 0 saturated carbocycles. The largest absolute Gasteiger partial charge is 0.354 e. The third kappa shape index (κ3) is 3.13. The summed E-state index contributed by atoms with van der Waals surface area (Å²) in [6, 6.07) is 16.8. The van der Waals surface area contributed by atoms with E-state index in [9.17, 15) is 8.42 Å². The predicted molar refractivity (Wildman–Crippen MR) is 84.2 cm³/mol. The number of benzene rings is 2. The van der Waals surface area contributed by atoms with E-state index in [4.69, 9.17) is 16.1 Å². The molecule has 0 aliphatic rings. The first-order valence-electron chi connectivity index (χ1n) is 6.35. The van der Waals surface area contributed by atoms with Crippen molar-refractivity contribution in [2.45, 2.75) is 4.90 Å². The molecule has 1 heterocycles. The van der Waals surface area contributed by atoms with E-state index in [1.807, 2.05) is 30.3 Å². The Morgan fingerprint density at radius 2 is 1.77 bits per heavy atom. The Morgan fingerprint density at radius 3 is 2.50 bits per heavy atom. The molecule has 22 heavy (non-hydrogen) atoms. The van der Waals surface area contributed by atoms with Crippen molar-refractivity contribution < 1.29 is 12.9 Å². The second-order valence-electron chi connectivity index (χ2n) is 4.51. The molecule has 3 rings (SSSR count). The molecule has 0 saturated heterocycles. The Morgan fingerprint density at radius 1 is 1.00 bits per heavy atom. The molecule has 0 aliphatic heterocycles. The lowest BCUT2D eigenvalue weighted by atomic mass is 10.2. The standard InChI is InChI=1S/C15H11ClN2O3S/c16-12-7-4-8-13(9-12)22(19,20)18-15-10-14(21-17-15)11-5-2-1-3-6-11/h1-10H,(H,17,18). The van der Waals surface area contributed by atoms with E-state index in [0.29, 0.717) is 10.8 Å². The molecule has 0 atom stereocenters. The molecule has 0 radical (unpaired) electrons. The molecule has 3 aromatic rings. The van der Waals surface area contributed by atoms with Gasteiger partial charge in [0.2, 0.25) is 0 Å². The van der Waals surface area contributed by atoms with Gasteiger partial charge >= 0.3 is 0 Å². The third-order valence-electron chi connectivity index (χ3n) is 2.91. The van der Waals surface area contributed by atoms with E-state index >= 15 is 0 Å². The zero-order valence-electron chi connectivity index (χ0n) is 11.2. The molecular weight excluding hydrogens is 324 g/mol. The van der Waals surface area contributed by atoms with Crippen LogP contribution in [0.1, 0.15) is 0 Å². The van der Waals surface area contributed by atoms with Gasteiger partial charge in [0.15, 0.2) is 11.6 Å². The van der Waals surface area contributed by atoms with Gasteiger partial charge in [-0.15, -0.1) is 0 Å². The molecule has 112 valence electrons. The molecule has 0 fully saturated rings. The summed E-state index contributed by atoms with van der Waals surface area (Å²) in [6.07, 6.45) is 0. The number of anilines is 1. The summed E-state index contributed by atoms with van der Waals surface area (Å²) in [4.78, 5) is 0.0595. The topological polar surface area (TPSA) is 72.2 Å². The molecule has 1 aromatic heterocycles. The van der Waals surface area contributed by atoms with Gasteiger partial charge in [0.05, 0.1) is 4.90 Å². The number of nitrogens with zero attached hydrogens (tertiary/aromatic N) is 1. The minimum Gasteiger partial charge on any atom is -0.354 e. The van der Waals surface area contributed by atoms with E-state index in [1.165, 1.54) is 18.2 Å². The Labute approximate surface area is 132 Å². The van der Waals surface area contributed by atoms with E-state index in [0.717, 1.165) is 5.56 Å². The lowest BCUT2D eigenvalue weighted by molar-refractivity contribution is 0.435. The van der Waals surface area contributed by atoms with Crippen LogP contribution in [0, 0.1) is 0 Å². The van der Waals surface area contributed by atoms with E-state index in [2.05, 4.69) is 9.88 Å². The van der Waals surface area contributed by atoms with Crippen LogP contribution in [0.25, 0.3) is 11.3 Å². The van der Waals surface area contributed by atoms with Crippen LogP contribution >= 0.6 is 11.6 Å². The number of aromatic nitrogens is 1. The summed E-state index contributed by atoms with van der Waals surface area (Å²) in [7, 11) is -3.76. The highest BCUT2D eigenvalue weighted by Crippen LogP contribution is 2.24. The SMILES string of the molecule is O=S(=O)(Nc1cc(-c2ccccc2)on1)c1cccc(Cl)c1. The lowest BCUT2D eigenvalue weighted by Gasteiger charge is -2.04. The van der Waals surface area contributed by atoms with Crippen LogP contribution in [0.15, 0.2) is 70.1 Å². The number of sulfonamides is 1. The average Bonchev–Trinajstić information content (AvgIpc) is 2.96. The average molecular weight is 335 g/mol. The predicted octanol–water partition coefficient (Wildman–Crippen LogP) is 3.80. The number of nitrogens with one attached hydrogen (secondary N) is 1. The number of rotatable bonds is 4. The highest BCUT2D eigenvalue weighted by Gasteiger charge is 2.17. The molecule has 0 bridgehead atoms. The summed E-state index contributed by atoms with van der Waals surface area (Å²) < 4.78 is 32.0. The smallest absolute Gasteiger partial charge is 0.263 e. The fourth-order valence-electron chi connectivity index (χ4n) is 1.89. The van der Waals surface area contributed by atoms with E-state index < -0.39 is 10.0 Å². The Bertz CT molecular complexity index is 892. The van der Waals surface area contributed by atoms with Gasteiger partial charge in [-0.1, -0.05) is 53.2 Å². The maximum Gasteiger partial charge on any atom is 0.263 e. The molecule has 0 spiro atoms. The molecule has 2 aromatic carbocycles. The monoisotopic (exact) mass is 334 g/mol. The van der Waals surface area contributed by atoms with Crippen LogP contribution in [-0.4, -0.2) is 13.6 Å². The van der Waals surface area contributed by atoms with Crippen molar-refractivity contribution in [2.24, 2.45) is 0 Å². The van der Waals surface area contributed by atoms with Crippen molar-refractivity contribution >= 4 is 27.4 Å². The summed E-state index contributed by atoms with van der Waals surface area (Å²) in [5.41, 5.74) is 0.809. The molecule has 0 unspecified atom stereocenters. The van der Waals surface area contributed by atoms with Gasteiger partial charge in [0.25, 0.3) is 10.0 Å². The van der Waals surface area contributed by atoms with E-state index in [1.54, 1.807) is 12.1 Å². The molecule has 0 aliphatic carbocycles. The summed E-state index contributed by atoms with van der Waals surface area (Å²) in [5.74, 6) is 0.586. The minimum absolute atomic E-state index is 0.0595. The van der Waals surface area contributed by atoms with Crippen LogP contribution < -0.4 is 4.72 Å². The Kier molecular flexibility index (Phi) is 3.87. The molecule has 1 N–H and O–H groups in total. The zero-order valence-corrected chi connectivity index (χ0v) is 12.8. The second-order valence-corrected chi connectivity index (χ2v) is 6.62. The highest BCUT2D eigenvalue weighted by molar-refractivity contribution is 7.92. The van der Waals surface area contributed by atoms with Crippen molar-refractivity contribution in [1.82, 2.24) is 5.16 Å². The second kappa shape index (κ2) is 5.82. The van der Waals surface area contributed by atoms with Crippen molar-refractivity contribution in [3.8, 4) is 11.3 Å². The number of hydrogen-bond donors (Lipinski definition) is 1. The van der Waals surface area contributed by atoms with Crippen molar-refractivity contribution in [3.63, 3.8) is 0 Å². The number of halogens is 1. The molecule has 5 nitrogen and oxygen atoms in total. The van der Waals surface area contributed by atoms with Gasteiger partial charge < -0.3 is 4.52 Å². The van der Waals surface area contributed by atoms with Crippen molar-refractivity contribution in [1.29, 1.82) is 0 Å². The van der Waals surface area contributed by atoms with Gasteiger partial charge in [0, 0.05) is 16.7 Å². The Hall–Kier alpha value is -2.31. The molecular formula is C15H11ClN2O3S. The highest BCUT2D eigenvalue weighted by atomic mass is 35.5. The first-order chi connectivity index (χ1) is 10.5. The van der Waals surface area contributed by atoms with Crippen molar-refractivity contribution in [3.05, 3.63) is 65.7 Å². The molecule has 0 amide bonds. The van der Waals surface area contributed by atoms with Crippen LogP contribution in [0.2, 0.25) is 5.02 Å². The van der Waals surface area contributed by atoms with Gasteiger partial charge in [0.1, 0.15) is 0 Å². The van der Waals surface area contributed by atoms with Gasteiger partial charge in [-0.25, -0.2) is 8.42 Å². The van der Waals surface area contributed by atoms with Crippen LogP contribution in [0.5, 0.6) is 0 Å². The Balaban J connectivity index is 1.86. The summed E-state index contributed by atoms with van der Waals surface area (Å²) >= 11 is 5.81. The minimum atomic E-state index is -3.76. The van der Waals surface area contributed by atoms with Gasteiger partial charge in [-0.2, -0.15) is 0 Å². The van der Waals surface area contributed by atoms with Crippen LogP contribution in [-0.2, 0) is 10.0 Å². The molecule has 7 heteroatoms. The number of hydrogen-bond acceptors (Lipinski definition) is 4. The third-order valence-corrected chi connectivity index (χ3v) is 4.50. The van der Waals surface area contributed by atoms with Gasteiger partial charge in [-0.05, 0) is 18.2 Å². The maximum absolute atomic E-state index is 12.2. The summed E-state index contributed by atoms with van der Waals surface area (Å²) in [6.45, 7) is 0. The van der Waals surface area contributed by atoms with Crippen LogP contribution in [0.4, 0.5) is 5.82 Å². The van der Waals surface area contributed by atoms with Gasteiger partial charge in [-0.3, -0.25) is 4.72 Å². The first kappa shape index (κ1) is 14.6. The normalized spacial score (nSPS) is 11.3. The van der Waals surface area contributed by atoms with E-state index in [-0.39, 0.29) is 10.7 Å². The van der Waals surface area contributed by atoms with Crippen LogP contribution in [0.3, 0.4) is 0 Å². The summed E-state index contributed by atoms with van der Waals surface area (Å²) in [5, 5.41) is 4.07. The quantitative estimate of drug-likeness (QED) is 0.787. The fraction of sp³-hybridized carbons (Fsp3) is 0. The lowest BCUT2D eigenvalue weighted by Crippen LogP contribution is -2.12. The van der Waals surface area contributed by atoms with Crippen molar-refractivity contribution in [2.75, 3.05) is 4.72 Å². The fourth-order valence-corrected chi connectivity index (χ4v) is 3.18. The zero-order chi connectivity index (χ0) is 15.6.